The van der Waals surface area contributed by atoms with E-state index in [1.807, 2.05) is 0 Å². The summed E-state index contributed by atoms with van der Waals surface area (Å²) < 4.78 is 42.5. The molecule has 0 aromatic rings. The SMILES string of the molecule is CCCCCCCC[Si](C)(O[Si](C)(C)C)O[Si](C)(CCCOCCOCCOCCOC)O[Si](C)(C)C. The maximum atomic E-state index is 7.11. The molecule has 0 aliphatic rings. The molecule has 2 atom stereocenters. The van der Waals surface area contributed by atoms with Gasteiger partial charge in [0, 0.05) is 13.7 Å². The second-order valence-electron chi connectivity index (χ2n) is 12.2. The zero-order valence-corrected chi connectivity index (χ0v) is 30.2. The molecule has 0 aliphatic heterocycles. The molecule has 0 bridgehead atoms. The van der Waals surface area contributed by atoms with Gasteiger partial charge in [0.2, 0.25) is 0 Å². The molecule has 0 rings (SSSR count). The minimum atomic E-state index is -2.42. The fourth-order valence-electron chi connectivity index (χ4n) is 4.40. The zero-order chi connectivity index (χ0) is 28.3. The van der Waals surface area contributed by atoms with E-state index in [0.29, 0.717) is 46.2 Å². The Bertz CT molecular complexity index is 546. The van der Waals surface area contributed by atoms with Crippen LogP contribution >= 0.6 is 0 Å². The second kappa shape index (κ2) is 20.5. The van der Waals surface area contributed by atoms with Crippen LogP contribution < -0.4 is 0 Å². The first-order valence-electron chi connectivity index (χ1n) is 14.6. The van der Waals surface area contributed by atoms with Crippen molar-refractivity contribution in [3.8, 4) is 0 Å². The molecule has 7 nitrogen and oxygen atoms in total. The second-order valence-corrected chi connectivity index (χ2v) is 28.7. The van der Waals surface area contributed by atoms with Gasteiger partial charge in [0.1, 0.15) is 0 Å². The van der Waals surface area contributed by atoms with Crippen LogP contribution in [0, 0.1) is 0 Å². The molecule has 224 valence electrons. The van der Waals surface area contributed by atoms with E-state index >= 15 is 0 Å². The van der Waals surface area contributed by atoms with Gasteiger partial charge in [-0.1, -0.05) is 45.4 Å². The molecule has 0 amide bonds. The van der Waals surface area contributed by atoms with Gasteiger partial charge in [0.15, 0.2) is 16.6 Å². The summed E-state index contributed by atoms with van der Waals surface area (Å²) in [5.74, 6) is 0. The van der Waals surface area contributed by atoms with Crippen LogP contribution in [0.25, 0.3) is 0 Å². The number of ether oxygens (including phenoxy) is 4. The first-order chi connectivity index (χ1) is 17.2. The maximum Gasteiger partial charge on any atom is 0.315 e. The number of hydrogen-bond acceptors (Lipinski definition) is 7. The lowest BCUT2D eigenvalue weighted by Crippen LogP contribution is -2.58. The van der Waals surface area contributed by atoms with E-state index in [9.17, 15) is 0 Å². The van der Waals surface area contributed by atoms with E-state index in [1.165, 1.54) is 38.5 Å². The Kier molecular flexibility index (Phi) is 20.8. The number of unbranched alkanes of at least 4 members (excludes halogenated alkanes) is 5. The molecule has 0 aromatic heterocycles. The summed E-state index contributed by atoms with van der Waals surface area (Å²) in [5, 5.41) is 0. The van der Waals surface area contributed by atoms with Crippen molar-refractivity contribution >= 4 is 33.8 Å². The van der Waals surface area contributed by atoms with Gasteiger partial charge in [0.05, 0.1) is 39.6 Å². The Labute approximate surface area is 234 Å². The zero-order valence-electron chi connectivity index (χ0n) is 26.2. The van der Waals surface area contributed by atoms with Crippen molar-refractivity contribution in [3.63, 3.8) is 0 Å². The molecule has 37 heavy (non-hydrogen) atoms. The molecule has 0 saturated carbocycles. The highest BCUT2D eigenvalue weighted by molar-refractivity contribution is 6.89. The fourth-order valence-corrected chi connectivity index (χ4v) is 22.8. The lowest BCUT2D eigenvalue weighted by molar-refractivity contribution is 0.00365. The fraction of sp³-hybridized carbons (Fsp3) is 1.00. The van der Waals surface area contributed by atoms with Crippen molar-refractivity contribution in [2.45, 2.75) is 116 Å². The molecule has 2 unspecified atom stereocenters. The third-order valence-electron chi connectivity index (χ3n) is 5.56. The molecule has 0 heterocycles. The third-order valence-corrected chi connectivity index (χ3v) is 19.9. The summed E-state index contributed by atoms with van der Waals surface area (Å²) in [6.07, 6.45) is 8.66. The number of methoxy groups -OCH3 is 1. The number of rotatable bonds is 26. The standard InChI is InChI=1S/C26H62O7Si4/c1-11-12-13-14-15-16-25-36(9,31-34(3,4)5)33-37(10,32-35(6,7)8)26-17-18-28-21-22-30-24-23-29-20-19-27-2/h11-26H2,1-10H3. The van der Waals surface area contributed by atoms with Crippen molar-refractivity contribution in [1.29, 1.82) is 0 Å². The molecule has 0 aliphatic carbocycles. The van der Waals surface area contributed by atoms with E-state index in [0.717, 1.165) is 18.5 Å². The molecule has 0 fully saturated rings. The topological polar surface area (TPSA) is 64.6 Å². The molecule has 0 saturated heterocycles. The Morgan fingerprint density at radius 2 is 0.838 bits per heavy atom. The lowest BCUT2D eigenvalue weighted by Gasteiger charge is -2.43. The quantitative estimate of drug-likeness (QED) is 0.0765. The minimum absolute atomic E-state index is 0.578. The van der Waals surface area contributed by atoms with Crippen LogP contribution in [0.1, 0.15) is 51.9 Å². The predicted molar refractivity (Wildman–Crippen MR) is 165 cm³/mol. The van der Waals surface area contributed by atoms with Gasteiger partial charge in [-0.15, -0.1) is 0 Å². The average molecular weight is 599 g/mol. The molecule has 0 radical (unpaired) electrons. The molecular weight excluding hydrogens is 537 g/mol. The average Bonchev–Trinajstić information content (AvgIpc) is 2.74. The first-order valence-corrected chi connectivity index (χ1v) is 26.4. The highest BCUT2D eigenvalue weighted by Gasteiger charge is 2.46. The van der Waals surface area contributed by atoms with E-state index in [1.54, 1.807) is 7.11 Å². The summed E-state index contributed by atoms with van der Waals surface area (Å²) in [6, 6.07) is 1.99. The first kappa shape index (κ1) is 37.6. The van der Waals surface area contributed by atoms with Crippen LogP contribution in [0.15, 0.2) is 0 Å². The Hall–Kier alpha value is 0.588. The molecule has 0 spiro atoms. The van der Waals surface area contributed by atoms with Crippen LogP contribution in [0.5, 0.6) is 0 Å². The number of hydrogen-bond donors (Lipinski definition) is 0. The summed E-state index contributed by atoms with van der Waals surface area (Å²) in [5.41, 5.74) is 0. The van der Waals surface area contributed by atoms with Crippen molar-refractivity contribution < 1.29 is 31.3 Å². The van der Waals surface area contributed by atoms with Crippen LogP contribution in [0.3, 0.4) is 0 Å². The molecule has 0 N–H and O–H groups in total. The Morgan fingerprint density at radius 3 is 1.30 bits per heavy atom. The largest absolute Gasteiger partial charge is 0.437 e. The van der Waals surface area contributed by atoms with Crippen molar-refractivity contribution in [2.75, 3.05) is 53.4 Å². The predicted octanol–water partition coefficient (Wildman–Crippen LogP) is 7.30. The van der Waals surface area contributed by atoms with Gasteiger partial charge in [-0.25, -0.2) is 0 Å². The van der Waals surface area contributed by atoms with Gasteiger partial charge in [0.25, 0.3) is 0 Å². The third kappa shape index (κ3) is 24.1. The van der Waals surface area contributed by atoms with Crippen LogP contribution in [-0.4, -0.2) is 87.1 Å². The van der Waals surface area contributed by atoms with Gasteiger partial charge in [-0.3, -0.25) is 0 Å². The van der Waals surface area contributed by atoms with Gasteiger partial charge >= 0.3 is 17.1 Å². The van der Waals surface area contributed by atoms with E-state index < -0.39 is 33.8 Å². The van der Waals surface area contributed by atoms with E-state index in [4.69, 9.17) is 31.3 Å². The van der Waals surface area contributed by atoms with Crippen molar-refractivity contribution in [1.82, 2.24) is 0 Å². The molecule has 11 heteroatoms. The molecular formula is C26H62O7Si4. The highest BCUT2D eigenvalue weighted by Crippen LogP contribution is 2.31. The summed E-state index contributed by atoms with van der Waals surface area (Å²) in [4.78, 5) is 0. The smallest absolute Gasteiger partial charge is 0.315 e. The minimum Gasteiger partial charge on any atom is -0.437 e. The van der Waals surface area contributed by atoms with E-state index in [2.05, 4.69) is 59.3 Å². The Morgan fingerprint density at radius 1 is 0.432 bits per heavy atom. The van der Waals surface area contributed by atoms with E-state index in [-0.39, 0.29) is 0 Å². The summed E-state index contributed by atoms with van der Waals surface area (Å²) in [6.45, 7) is 24.7. The van der Waals surface area contributed by atoms with Crippen molar-refractivity contribution in [2.24, 2.45) is 0 Å². The van der Waals surface area contributed by atoms with Gasteiger partial charge in [-0.2, -0.15) is 0 Å². The lowest BCUT2D eigenvalue weighted by atomic mass is 10.1. The monoisotopic (exact) mass is 598 g/mol. The summed E-state index contributed by atoms with van der Waals surface area (Å²) >= 11 is 0. The summed E-state index contributed by atoms with van der Waals surface area (Å²) in [7, 11) is -6.61. The van der Waals surface area contributed by atoms with Crippen molar-refractivity contribution in [3.05, 3.63) is 0 Å². The highest BCUT2D eigenvalue weighted by atomic mass is 28.5. The van der Waals surface area contributed by atoms with Crippen LogP contribution in [0.4, 0.5) is 0 Å². The molecule has 0 aromatic carbocycles. The normalized spacial score (nSPS) is 16.1. The van der Waals surface area contributed by atoms with Crippen LogP contribution in [0.2, 0.25) is 64.5 Å². The Balaban J connectivity index is 4.76. The van der Waals surface area contributed by atoms with Crippen LogP contribution in [-0.2, 0) is 31.3 Å². The maximum absolute atomic E-state index is 7.11. The van der Waals surface area contributed by atoms with Gasteiger partial charge in [-0.05, 0) is 70.9 Å². The van der Waals surface area contributed by atoms with Gasteiger partial charge < -0.3 is 31.3 Å².